The molecule has 1 aromatic rings. The van der Waals surface area contributed by atoms with Gasteiger partial charge >= 0.3 is 17.1 Å². The molecule has 0 saturated carbocycles. The number of carbonyl (C=O) groups excluding carboxylic acids is 3. The molecule has 0 atom stereocenters. The number of carbonyl (C=O) groups is 3. The van der Waals surface area contributed by atoms with E-state index in [1.165, 1.54) is 7.05 Å². The number of nitro groups is 1. The zero-order valence-electron chi connectivity index (χ0n) is 13.3. The highest BCUT2D eigenvalue weighted by Gasteiger charge is 2.21. The summed E-state index contributed by atoms with van der Waals surface area (Å²) < 4.78 is 5.83. The van der Waals surface area contributed by atoms with Crippen LogP contribution >= 0.6 is 11.3 Å². The first kappa shape index (κ1) is 19.3. The molecular weight excluding hydrogens is 342 g/mol. The van der Waals surface area contributed by atoms with Gasteiger partial charge in [0.05, 0.1) is 17.7 Å². The van der Waals surface area contributed by atoms with Crippen molar-refractivity contribution < 1.29 is 24.0 Å². The van der Waals surface area contributed by atoms with Gasteiger partial charge in [0.2, 0.25) is 4.80 Å². The second kappa shape index (κ2) is 8.76. The Bertz CT molecular complexity index is 709. The summed E-state index contributed by atoms with van der Waals surface area (Å²) in [5, 5.41) is 13.0. The van der Waals surface area contributed by atoms with Crippen LogP contribution in [0.1, 0.15) is 13.8 Å². The molecule has 0 aliphatic carbocycles. The number of ether oxygens (including phenoxy) is 1. The maximum Gasteiger partial charge on any atom is 0.416 e. The van der Waals surface area contributed by atoms with Gasteiger partial charge in [-0.25, -0.2) is 14.5 Å². The molecule has 1 N–H and O–H groups in total. The summed E-state index contributed by atoms with van der Waals surface area (Å²) in [4.78, 5) is 49.7. The third kappa shape index (κ3) is 5.15. The van der Waals surface area contributed by atoms with Crippen LogP contribution in [0.2, 0.25) is 0 Å². The molecule has 1 heterocycles. The molecule has 24 heavy (non-hydrogen) atoms. The zero-order valence-corrected chi connectivity index (χ0v) is 14.2. The maximum absolute atomic E-state index is 12.1. The van der Waals surface area contributed by atoms with Gasteiger partial charge in [-0.15, -0.1) is 0 Å². The van der Waals surface area contributed by atoms with E-state index < -0.39 is 29.5 Å². The van der Waals surface area contributed by atoms with Crippen molar-refractivity contribution in [2.75, 3.05) is 20.2 Å². The summed E-state index contributed by atoms with van der Waals surface area (Å²) in [7, 11) is 1.22. The monoisotopic (exact) mass is 359 g/mol. The lowest BCUT2D eigenvalue weighted by Crippen LogP contribution is -2.37. The zero-order chi connectivity index (χ0) is 18.3. The topological polar surface area (TPSA) is 136 Å². The first-order valence-electron chi connectivity index (χ1n) is 6.90. The number of aromatic nitrogens is 1. The van der Waals surface area contributed by atoms with E-state index in [1.54, 1.807) is 13.8 Å². The van der Waals surface area contributed by atoms with E-state index in [2.05, 4.69) is 10.3 Å². The number of rotatable bonds is 5. The molecule has 4 amide bonds. The predicted molar refractivity (Wildman–Crippen MR) is 83.4 cm³/mol. The molecule has 0 radical (unpaired) electrons. The van der Waals surface area contributed by atoms with Crippen LogP contribution in [0.3, 0.4) is 0 Å². The third-order valence-electron chi connectivity index (χ3n) is 2.63. The first-order chi connectivity index (χ1) is 11.3. The summed E-state index contributed by atoms with van der Waals surface area (Å²) in [5.41, 5.74) is 0. The van der Waals surface area contributed by atoms with Crippen molar-refractivity contribution in [2.24, 2.45) is 4.99 Å². The number of urea groups is 1. The highest BCUT2D eigenvalue weighted by Crippen LogP contribution is 2.14. The van der Waals surface area contributed by atoms with Crippen molar-refractivity contribution in [1.29, 1.82) is 0 Å². The highest BCUT2D eigenvalue weighted by molar-refractivity contribution is 7.12. The van der Waals surface area contributed by atoms with Gasteiger partial charge in [0.15, 0.2) is 0 Å². The van der Waals surface area contributed by atoms with Crippen LogP contribution in [0.4, 0.5) is 14.6 Å². The van der Waals surface area contributed by atoms with E-state index in [0.717, 1.165) is 15.7 Å². The summed E-state index contributed by atoms with van der Waals surface area (Å²) in [6.07, 6.45) is 0.245. The van der Waals surface area contributed by atoms with Gasteiger partial charge in [0, 0.05) is 13.6 Å². The molecule has 1 aromatic heterocycles. The number of nitrogens with one attached hydrogen (secondary N) is 1. The molecular formula is C12H17N5O6S. The Balaban J connectivity index is 3.09. The van der Waals surface area contributed by atoms with Gasteiger partial charge in [-0.2, -0.15) is 4.99 Å². The van der Waals surface area contributed by atoms with Crippen molar-refractivity contribution in [2.45, 2.75) is 20.4 Å². The van der Waals surface area contributed by atoms with Crippen LogP contribution in [-0.4, -0.2) is 52.6 Å². The molecule has 132 valence electrons. The largest absolute Gasteiger partial charge is 0.449 e. The Morgan fingerprint density at radius 3 is 2.67 bits per heavy atom. The molecule has 0 spiro atoms. The number of likely N-dealkylation sites (N-methyl/N-ethyl adjacent to an activating group) is 1. The minimum atomic E-state index is -0.838. The Morgan fingerprint density at radius 1 is 1.46 bits per heavy atom. The second-order valence-corrected chi connectivity index (χ2v) is 5.32. The molecule has 0 saturated heterocycles. The predicted octanol–water partition coefficient (Wildman–Crippen LogP) is 0.703. The molecule has 11 nitrogen and oxygen atoms in total. The Labute approximate surface area is 140 Å². The molecule has 0 aliphatic heterocycles. The van der Waals surface area contributed by atoms with Gasteiger partial charge in [0.25, 0.3) is 5.91 Å². The van der Waals surface area contributed by atoms with Crippen molar-refractivity contribution in [3.8, 4) is 0 Å². The standard InChI is InChI=1S/C12H17N5O6S/c1-4-13-10(19)14-11-16(7-9(24-11)17(21)22)6-8(18)15(3)12(20)23-5-2/h7H,4-6H2,1-3H3,(H,13,19). The van der Waals surface area contributed by atoms with Crippen LogP contribution in [0, 0.1) is 10.1 Å². The van der Waals surface area contributed by atoms with E-state index >= 15 is 0 Å². The molecule has 0 fully saturated rings. The molecule has 0 aromatic carbocycles. The number of imide groups is 1. The average molecular weight is 359 g/mol. The van der Waals surface area contributed by atoms with Crippen molar-refractivity contribution in [1.82, 2.24) is 14.8 Å². The van der Waals surface area contributed by atoms with Crippen molar-refractivity contribution in [3.63, 3.8) is 0 Å². The van der Waals surface area contributed by atoms with Gasteiger partial charge in [-0.3, -0.25) is 14.9 Å². The van der Waals surface area contributed by atoms with Crippen LogP contribution in [0.15, 0.2) is 11.2 Å². The molecule has 12 heteroatoms. The molecule has 1 rings (SSSR count). The Kier molecular flexibility index (Phi) is 7.04. The van der Waals surface area contributed by atoms with Crippen LogP contribution in [0.25, 0.3) is 0 Å². The smallest absolute Gasteiger partial charge is 0.416 e. The average Bonchev–Trinajstić information content (AvgIpc) is 2.89. The van der Waals surface area contributed by atoms with Crippen LogP contribution in [-0.2, 0) is 16.1 Å². The molecule has 0 aliphatic rings. The lowest BCUT2D eigenvalue weighted by molar-refractivity contribution is -0.380. The van der Waals surface area contributed by atoms with Gasteiger partial charge in [0.1, 0.15) is 6.54 Å². The van der Waals surface area contributed by atoms with Crippen LogP contribution < -0.4 is 10.1 Å². The molecule has 0 bridgehead atoms. The minimum Gasteiger partial charge on any atom is -0.449 e. The second-order valence-electron chi connectivity index (χ2n) is 4.34. The quantitative estimate of drug-likeness (QED) is 0.607. The molecule has 0 unspecified atom stereocenters. The normalized spacial score (nSPS) is 11.0. The van der Waals surface area contributed by atoms with Crippen LogP contribution in [0.5, 0.6) is 0 Å². The van der Waals surface area contributed by atoms with E-state index in [-0.39, 0.29) is 16.4 Å². The summed E-state index contributed by atoms with van der Waals surface area (Å²) >= 11 is 0.644. The number of thiazole rings is 1. The Hall–Kier alpha value is -2.76. The van der Waals surface area contributed by atoms with E-state index in [0.29, 0.717) is 17.9 Å². The van der Waals surface area contributed by atoms with Gasteiger partial charge < -0.3 is 14.6 Å². The minimum absolute atomic E-state index is 0.0294. The van der Waals surface area contributed by atoms with Gasteiger partial charge in [-0.1, -0.05) is 0 Å². The van der Waals surface area contributed by atoms with E-state index in [4.69, 9.17) is 4.74 Å². The summed E-state index contributed by atoms with van der Waals surface area (Å²) in [5.74, 6) is -0.668. The Morgan fingerprint density at radius 2 is 2.12 bits per heavy atom. The first-order valence-corrected chi connectivity index (χ1v) is 7.72. The fourth-order valence-electron chi connectivity index (χ4n) is 1.50. The number of amides is 4. The van der Waals surface area contributed by atoms with E-state index in [9.17, 15) is 24.5 Å². The third-order valence-corrected chi connectivity index (χ3v) is 3.61. The summed E-state index contributed by atoms with van der Waals surface area (Å²) in [6.45, 7) is 3.32. The lowest BCUT2D eigenvalue weighted by atomic mass is 10.5. The van der Waals surface area contributed by atoms with Crippen molar-refractivity contribution >= 4 is 34.4 Å². The van der Waals surface area contributed by atoms with Crippen molar-refractivity contribution in [3.05, 3.63) is 21.1 Å². The maximum atomic E-state index is 12.1. The SMILES string of the molecule is CCNC(=O)N=c1sc([N+](=O)[O-])cn1CC(=O)N(C)C(=O)OCC. The van der Waals surface area contributed by atoms with E-state index in [1.807, 2.05) is 0 Å². The fraction of sp³-hybridized carbons (Fsp3) is 0.500. The highest BCUT2D eigenvalue weighted by atomic mass is 32.1. The number of hydrogen-bond donors (Lipinski definition) is 1. The lowest BCUT2D eigenvalue weighted by Gasteiger charge is -2.14. The number of hydrogen-bond acceptors (Lipinski definition) is 7. The van der Waals surface area contributed by atoms with Gasteiger partial charge in [-0.05, 0) is 25.2 Å². The number of nitrogens with zero attached hydrogens (tertiary/aromatic N) is 4. The fourth-order valence-corrected chi connectivity index (χ4v) is 2.31. The summed E-state index contributed by atoms with van der Waals surface area (Å²) in [6, 6.07) is -0.686.